The van der Waals surface area contributed by atoms with E-state index in [2.05, 4.69) is 5.32 Å². The van der Waals surface area contributed by atoms with Gasteiger partial charge in [-0.25, -0.2) is 4.79 Å². The highest BCUT2D eigenvalue weighted by Crippen LogP contribution is 2.20. The summed E-state index contributed by atoms with van der Waals surface area (Å²) in [5, 5.41) is 3.14. The monoisotopic (exact) mass is 510 g/mol. The van der Waals surface area contributed by atoms with Gasteiger partial charge >= 0.3 is 12.1 Å². The van der Waals surface area contributed by atoms with Crippen molar-refractivity contribution in [1.82, 2.24) is 10.2 Å². The Labute approximate surface area is 212 Å². The summed E-state index contributed by atoms with van der Waals surface area (Å²) in [5.41, 5.74) is 0.388. The second-order valence-electron chi connectivity index (χ2n) is 9.27. The third kappa shape index (κ3) is 10.5. The first kappa shape index (κ1) is 28.9. The van der Waals surface area contributed by atoms with Crippen LogP contribution in [0.2, 0.25) is 0 Å². The number of nitrogens with zero attached hydrogens (tertiary/aromatic N) is 1. The minimum Gasteiger partial charge on any atom is -0.462 e. The van der Waals surface area contributed by atoms with Crippen LogP contribution >= 0.6 is 11.8 Å². The predicted octanol–water partition coefficient (Wildman–Crippen LogP) is 3.01. The molecular formula is C25H38N2O7S. The molecule has 1 saturated heterocycles. The molecular weight excluding hydrogens is 472 g/mol. The van der Waals surface area contributed by atoms with Crippen molar-refractivity contribution in [1.29, 1.82) is 0 Å². The van der Waals surface area contributed by atoms with Crippen molar-refractivity contribution < 1.29 is 33.3 Å². The fourth-order valence-corrected chi connectivity index (χ4v) is 4.43. The van der Waals surface area contributed by atoms with Crippen molar-refractivity contribution in [3.8, 4) is 0 Å². The maximum atomic E-state index is 13.3. The van der Waals surface area contributed by atoms with E-state index in [1.807, 2.05) is 30.3 Å². The molecule has 10 heteroatoms. The molecule has 9 nitrogen and oxygen atoms in total. The van der Waals surface area contributed by atoms with E-state index in [0.29, 0.717) is 31.7 Å². The van der Waals surface area contributed by atoms with Crippen molar-refractivity contribution in [2.24, 2.45) is 0 Å². The topological polar surface area (TPSA) is 103 Å². The van der Waals surface area contributed by atoms with Gasteiger partial charge in [-0.3, -0.25) is 14.9 Å². The van der Waals surface area contributed by atoms with Gasteiger partial charge in [0.1, 0.15) is 18.2 Å². The number of amides is 1. The van der Waals surface area contributed by atoms with Crippen LogP contribution < -0.4 is 5.32 Å². The van der Waals surface area contributed by atoms with Crippen LogP contribution in [-0.4, -0.2) is 85.2 Å². The zero-order valence-corrected chi connectivity index (χ0v) is 22.1. The summed E-state index contributed by atoms with van der Waals surface area (Å²) in [5.74, 6) is 0.485. The third-order valence-electron chi connectivity index (χ3n) is 5.19. The van der Waals surface area contributed by atoms with E-state index in [1.54, 1.807) is 39.5 Å². The van der Waals surface area contributed by atoms with Gasteiger partial charge in [-0.1, -0.05) is 30.3 Å². The number of esters is 1. The Balaban J connectivity index is 2.04. The summed E-state index contributed by atoms with van der Waals surface area (Å²) >= 11 is 1.60. The molecule has 0 bridgehead atoms. The lowest BCUT2D eigenvalue weighted by Gasteiger charge is -2.36. The van der Waals surface area contributed by atoms with Gasteiger partial charge in [0.15, 0.2) is 6.23 Å². The van der Waals surface area contributed by atoms with E-state index < -0.39 is 36.0 Å². The number of methoxy groups -OCH3 is 1. The molecule has 0 radical (unpaired) electrons. The molecule has 1 N–H and O–H groups in total. The van der Waals surface area contributed by atoms with Gasteiger partial charge < -0.3 is 23.8 Å². The first-order valence-electron chi connectivity index (χ1n) is 11.8. The fourth-order valence-electron chi connectivity index (χ4n) is 3.49. The molecule has 0 spiro atoms. The SMILES string of the molecule is COCCOC(=O)C(CCc1ccccc1)N[C@@H](C)C(=O)N1CCSCC1OC(=O)OC(C)(C)C. The molecule has 1 aliphatic rings. The zero-order chi connectivity index (χ0) is 25.8. The summed E-state index contributed by atoms with van der Waals surface area (Å²) in [6, 6.07) is 8.43. The number of hydrogen-bond donors (Lipinski definition) is 1. The average Bonchev–Trinajstić information content (AvgIpc) is 2.81. The molecule has 1 fully saturated rings. The summed E-state index contributed by atoms with van der Waals surface area (Å²) in [6.45, 7) is 7.81. The van der Waals surface area contributed by atoms with Crippen molar-refractivity contribution in [3.05, 3.63) is 35.9 Å². The highest BCUT2D eigenvalue weighted by atomic mass is 32.2. The number of carbonyl (C=O) groups is 3. The van der Waals surface area contributed by atoms with E-state index in [0.717, 1.165) is 11.3 Å². The standard InChI is InChI=1S/C25H38N2O7S/c1-18(22(28)27-13-16-35-17-21(27)33-24(30)34-25(2,3)4)26-20(23(29)32-15-14-31-5)12-11-19-9-7-6-8-10-19/h6-10,18,20-21,26H,11-17H2,1-5H3/t18-,20?,21?/m0/s1. The van der Waals surface area contributed by atoms with E-state index in [4.69, 9.17) is 18.9 Å². The molecule has 1 aromatic carbocycles. The Kier molecular flexibility index (Phi) is 11.8. The van der Waals surface area contributed by atoms with Crippen molar-refractivity contribution in [2.75, 3.05) is 38.4 Å². The Bertz CT molecular complexity index is 816. The lowest BCUT2D eigenvalue weighted by atomic mass is 10.0. The Morgan fingerprint density at radius 2 is 1.89 bits per heavy atom. The molecule has 1 aliphatic heterocycles. The quantitative estimate of drug-likeness (QED) is 0.355. The number of thioether (sulfide) groups is 1. The minimum atomic E-state index is -0.814. The predicted molar refractivity (Wildman–Crippen MR) is 134 cm³/mol. The van der Waals surface area contributed by atoms with Gasteiger partial charge in [0.25, 0.3) is 0 Å². The molecule has 1 amide bonds. The number of carbonyl (C=O) groups excluding carboxylic acids is 3. The van der Waals surface area contributed by atoms with Gasteiger partial charge in [-0.2, -0.15) is 11.8 Å². The maximum Gasteiger partial charge on any atom is 0.510 e. The number of nitrogens with one attached hydrogen (secondary N) is 1. The molecule has 3 atom stereocenters. The van der Waals surface area contributed by atoms with E-state index >= 15 is 0 Å². The summed E-state index contributed by atoms with van der Waals surface area (Å²) < 4.78 is 21.0. The number of rotatable bonds is 11. The van der Waals surface area contributed by atoms with Crippen molar-refractivity contribution in [3.63, 3.8) is 0 Å². The second-order valence-corrected chi connectivity index (χ2v) is 10.4. The summed E-state index contributed by atoms with van der Waals surface area (Å²) in [4.78, 5) is 39.8. The van der Waals surface area contributed by atoms with Gasteiger partial charge in [0.2, 0.25) is 5.91 Å². The first-order valence-corrected chi connectivity index (χ1v) is 13.0. The molecule has 35 heavy (non-hydrogen) atoms. The zero-order valence-electron chi connectivity index (χ0n) is 21.3. The Morgan fingerprint density at radius 3 is 2.54 bits per heavy atom. The van der Waals surface area contributed by atoms with Crippen LogP contribution in [0.1, 0.15) is 39.7 Å². The molecule has 0 saturated carbocycles. The first-order chi connectivity index (χ1) is 16.6. The lowest BCUT2D eigenvalue weighted by Crippen LogP contribution is -2.56. The highest BCUT2D eigenvalue weighted by molar-refractivity contribution is 7.99. The van der Waals surface area contributed by atoms with Crippen LogP contribution in [0.25, 0.3) is 0 Å². The summed E-state index contributed by atoms with van der Waals surface area (Å²) in [7, 11) is 1.53. The third-order valence-corrected chi connectivity index (χ3v) is 6.18. The average molecular weight is 511 g/mol. The minimum absolute atomic E-state index is 0.135. The lowest BCUT2D eigenvalue weighted by molar-refractivity contribution is -0.149. The largest absolute Gasteiger partial charge is 0.510 e. The Hall–Kier alpha value is -2.30. The molecule has 1 aromatic rings. The number of benzene rings is 1. The number of ether oxygens (including phenoxy) is 4. The normalized spacial score (nSPS) is 17.9. The van der Waals surface area contributed by atoms with Gasteiger partial charge in [-0.05, 0) is 46.1 Å². The smallest absolute Gasteiger partial charge is 0.462 e. The summed E-state index contributed by atoms with van der Waals surface area (Å²) in [6.07, 6.45) is -0.451. The van der Waals surface area contributed by atoms with Crippen LogP contribution in [0.15, 0.2) is 30.3 Å². The van der Waals surface area contributed by atoms with Crippen molar-refractivity contribution in [2.45, 2.75) is 64.4 Å². The number of aryl methyl sites for hydroxylation is 1. The fraction of sp³-hybridized carbons (Fsp3) is 0.640. The second kappa shape index (κ2) is 14.3. The Morgan fingerprint density at radius 1 is 1.17 bits per heavy atom. The maximum absolute atomic E-state index is 13.3. The van der Waals surface area contributed by atoms with Crippen LogP contribution in [-0.2, 0) is 35.0 Å². The van der Waals surface area contributed by atoms with E-state index in [9.17, 15) is 14.4 Å². The van der Waals surface area contributed by atoms with Crippen LogP contribution in [0.5, 0.6) is 0 Å². The van der Waals surface area contributed by atoms with E-state index in [1.165, 1.54) is 12.0 Å². The van der Waals surface area contributed by atoms with Crippen LogP contribution in [0.3, 0.4) is 0 Å². The van der Waals surface area contributed by atoms with Crippen LogP contribution in [0.4, 0.5) is 4.79 Å². The van der Waals surface area contributed by atoms with Gasteiger partial charge in [0, 0.05) is 19.4 Å². The molecule has 2 unspecified atom stereocenters. The van der Waals surface area contributed by atoms with E-state index in [-0.39, 0.29) is 12.5 Å². The van der Waals surface area contributed by atoms with Gasteiger partial charge in [-0.15, -0.1) is 0 Å². The molecule has 0 aliphatic carbocycles. The van der Waals surface area contributed by atoms with Crippen molar-refractivity contribution >= 4 is 29.8 Å². The van der Waals surface area contributed by atoms with Crippen LogP contribution in [0, 0.1) is 0 Å². The molecule has 1 heterocycles. The highest BCUT2D eigenvalue weighted by Gasteiger charge is 2.35. The molecule has 196 valence electrons. The van der Waals surface area contributed by atoms with Gasteiger partial charge in [0.05, 0.1) is 18.4 Å². The number of hydrogen-bond acceptors (Lipinski definition) is 9. The molecule has 0 aromatic heterocycles. The molecule has 2 rings (SSSR count).